The Balaban J connectivity index is 1.17. The molecule has 19 nitrogen and oxygen atoms in total. The molecule has 4 heterocycles. The Bertz CT molecular complexity index is 2300. The molecule has 4 saturated heterocycles. The van der Waals surface area contributed by atoms with Crippen LogP contribution in [0.5, 0.6) is 0 Å². The van der Waals surface area contributed by atoms with Gasteiger partial charge in [0, 0.05) is 54.3 Å². The number of methoxy groups -OCH3 is 1. The molecule has 406 valence electrons. The Morgan fingerprint density at radius 2 is 1.45 bits per heavy atom. The number of amides is 1. The minimum atomic E-state index is -1.71. The van der Waals surface area contributed by atoms with E-state index in [1.807, 2.05) is 58.9 Å². The van der Waals surface area contributed by atoms with Gasteiger partial charge in [-0.1, -0.05) is 69.2 Å². The maximum absolute atomic E-state index is 15.4. The quantitative estimate of drug-likeness (QED) is 0.0608. The van der Waals surface area contributed by atoms with Gasteiger partial charge in [-0.3, -0.25) is 14.9 Å². The fourth-order valence-electron chi connectivity index (χ4n) is 13.9. The molecule has 5 N–H and O–H groups in total. The van der Waals surface area contributed by atoms with Crippen LogP contribution in [-0.2, 0) is 47.5 Å². The van der Waals surface area contributed by atoms with E-state index in [0.717, 1.165) is 11.1 Å². The van der Waals surface area contributed by atoms with E-state index < -0.39 is 137 Å². The largest absolute Gasteiger partial charge is 0.511 e. The van der Waals surface area contributed by atoms with Crippen LogP contribution in [0.1, 0.15) is 115 Å². The number of aliphatic hydroxyl groups is 4. The topological polar surface area (TPSA) is 261 Å². The van der Waals surface area contributed by atoms with E-state index in [2.05, 4.69) is 25.2 Å². The summed E-state index contributed by atoms with van der Waals surface area (Å²) in [5.74, 6) is -4.22. The Kier molecular flexibility index (Phi) is 15.7. The minimum Gasteiger partial charge on any atom is -0.511 e. The molecule has 1 saturated carbocycles. The molecular formula is C54H78N2O17. The van der Waals surface area contributed by atoms with Gasteiger partial charge in [-0.05, 0) is 83.6 Å². The number of nitro groups is 1. The lowest BCUT2D eigenvalue weighted by atomic mass is 9.49. The Morgan fingerprint density at radius 3 is 2.11 bits per heavy atom. The number of ether oxygens (including phenoxy) is 8. The number of rotatable bonds is 8. The van der Waals surface area contributed by atoms with Crippen LogP contribution in [0.15, 0.2) is 58.4 Å². The normalized spacial score (nSPS) is 48.6. The van der Waals surface area contributed by atoms with Gasteiger partial charge in [0.25, 0.3) is 0 Å². The average molecular weight is 1030 g/mol. The Hall–Kier alpha value is -4.05. The standard InChI is InChI=1S/C54H78N2O17/c1-24-13-16-37(70-41-23-52(10,56(64)65)47(32(9)69-41)55-51(63)66-12)26(3)19-33-18-25(2)29(6)22-54(33)49(61)42(50(62)73-54)48(60)53(11)35(24)15-14-34-43(53)27(4)17-28(5)46(34)72-40-21-38(45(59)31(8)68-40)71-39-20-36(57)44(58)30(7)67-39/h13-15,18-19,27-41,43-47,57-60H,16-17,20-23H2,1-12H3,(H,55,63)/b24-13+,26-19+,48-42?/t27-,28-,29+,30-,31-,32+,33-,34-,35-,36+,37-,38+,39-,40-,41-,43+,44-,45-,46-,47-,52-,53+,54-/m0/s1. The second-order valence-corrected chi connectivity index (χ2v) is 23.1. The third kappa shape index (κ3) is 9.88. The summed E-state index contributed by atoms with van der Waals surface area (Å²) < 4.78 is 49.6. The van der Waals surface area contributed by atoms with Crippen molar-refractivity contribution < 1.29 is 77.6 Å². The summed E-state index contributed by atoms with van der Waals surface area (Å²) in [6.45, 7) is 20.3. The van der Waals surface area contributed by atoms with Gasteiger partial charge in [-0.15, -0.1) is 0 Å². The predicted octanol–water partition coefficient (Wildman–Crippen LogP) is 6.07. The molecule has 4 aliphatic carbocycles. The first-order valence-corrected chi connectivity index (χ1v) is 26.1. The third-order valence-electron chi connectivity index (χ3n) is 18.1. The molecule has 0 aromatic heterocycles. The van der Waals surface area contributed by atoms with Crippen molar-refractivity contribution in [1.29, 1.82) is 0 Å². The fourth-order valence-corrected chi connectivity index (χ4v) is 13.9. The van der Waals surface area contributed by atoms with Crippen LogP contribution >= 0.6 is 0 Å². The van der Waals surface area contributed by atoms with Crippen LogP contribution in [0.4, 0.5) is 4.79 Å². The summed E-state index contributed by atoms with van der Waals surface area (Å²) in [5.41, 5.74) is -2.59. The first-order valence-electron chi connectivity index (χ1n) is 26.1. The fraction of sp³-hybridized carbons (Fsp3) is 0.759. The monoisotopic (exact) mass is 1030 g/mol. The summed E-state index contributed by atoms with van der Waals surface area (Å²) in [6, 6.07) is -1.05. The van der Waals surface area contributed by atoms with Crippen molar-refractivity contribution >= 4 is 17.8 Å². The van der Waals surface area contributed by atoms with Crippen molar-refractivity contribution in [3.05, 3.63) is 68.5 Å². The number of Topliss-reactive ketones (excluding diaryl/α,β-unsaturated/α-hetero) is 1. The highest BCUT2D eigenvalue weighted by Crippen LogP contribution is 2.61. The number of fused-ring (bicyclic) bond motifs is 4. The SMILES string of the molecule is COC(=O)N[C@H]1[C@@H](C)O[C@@H](O[C@H]2C/C=C(\C)[C@@H]3C=C[C@@H]4[C@@H](O[C@H]5C[C@@H](O[C@H]6C[C@@H](O)[C@@H](O)[C@H](C)O6)[C@@H](O)[C@H](C)O5)[C@@H](C)C[C@H](C)[C@H]4[C@]3(C)C(O)=C3C(=O)O[C@]4(C[C@@H](C)C(C)=C[C@H]4/C=C/2C)C3=O)C[C@]1(C)[N+](=O)[O-]. The highest BCUT2D eigenvalue weighted by Gasteiger charge is 2.64. The van der Waals surface area contributed by atoms with E-state index in [9.17, 15) is 40.1 Å². The van der Waals surface area contributed by atoms with Crippen LogP contribution < -0.4 is 5.32 Å². The number of carbonyl (C=O) groups excluding carboxylic acids is 3. The van der Waals surface area contributed by atoms with E-state index in [1.165, 1.54) is 14.0 Å². The summed E-state index contributed by atoms with van der Waals surface area (Å²) >= 11 is 0. The Labute approximate surface area is 427 Å². The lowest BCUT2D eigenvalue weighted by Gasteiger charge is -2.56. The molecule has 0 aromatic carbocycles. The van der Waals surface area contributed by atoms with Crippen molar-refractivity contribution in [3.63, 3.8) is 0 Å². The van der Waals surface area contributed by atoms with Crippen molar-refractivity contribution in [2.24, 2.45) is 46.8 Å². The van der Waals surface area contributed by atoms with Gasteiger partial charge in [0.2, 0.25) is 11.3 Å². The number of ketones is 1. The van der Waals surface area contributed by atoms with Gasteiger partial charge < -0.3 is 63.6 Å². The van der Waals surface area contributed by atoms with Gasteiger partial charge in [-0.25, -0.2) is 9.59 Å². The van der Waals surface area contributed by atoms with Crippen molar-refractivity contribution in [3.8, 4) is 0 Å². The van der Waals surface area contributed by atoms with Gasteiger partial charge >= 0.3 is 12.1 Å². The number of hydrogen-bond acceptors (Lipinski definition) is 17. The molecule has 0 unspecified atom stereocenters. The van der Waals surface area contributed by atoms with Crippen LogP contribution in [0.25, 0.3) is 0 Å². The summed E-state index contributed by atoms with van der Waals surface area (Å²) in [7, 11) is 1.18. The van der Waals surface area contributed by atoms with Crippen LogP contribution in [0.2, 0.25) is 0 Å². The second kappa shape index (κ2) is 20.8. The number of esters is 1. The van der Waals surface area contributed by atoms with Crippen LogP contribution in [0.3, 0.4) is 0 Å². The first-order chi connectivity index (χ1) is 34.2. The number of carbonyl (C=O) groups is 3. The molecule has 0 aromatic rings. The van der Waals surface area contributed by atoms with E-state index in [-0.39, 0.29) is 67.1 Å². The minimum absolute atomic E-state index is 0.0148. The smallest absolute Gasteiger partial charge is 0.407 e. The van der Waals surface area contributed by atoms with Crippen LogP contribution in [0, 0.1) is 57.0 Å². The van der Waals surface area contributed by atoms with Gasteiger partial charge in [0.1, 0.15) is 29.6 Å². The van der Waals surface area contributed by atoms with Crippen molar-refractivity contribution in [2.45, 2.75) is 206 Å². The number of nitrogens with one attached hydrogen (secondary N) is 1. The van der Waals surface area contributed by atoms with Crippen molar-refractivity contribution in [2.75, 3.05) is 7.11 Å². The third-order valence-corrected chi connectivity index (χ3v) is 18.1. The predicted molar refractivity (Wildman–Crippen MR) is 262 cm³/mol. The average Bonchev–Trinajstić information content (AvgIpc) is 3.56. The first kappa shape index (κ1) is 55.2. The molecule has 19 heteroatoms. The molecule has 1 spiro atoms. The summed E-state index contributed by atoms with van der Waals surface area (Å²) in [4.78, 5) is 54.7. The van der Waals surface area contributed by atoms with Gasteiger partial charge in [-0.2, -0.15) is 0 Å². The number of alkyl carbamates (subject to hydrolysis) is 1. The summed E-state index contributed by atoms with van der Waals surface area (Å²) in [6.07, 6.45) is -0.223. The molecule has 0 radical (unpaired) electrons. The molecule has 8 rings (SSSR count). The maximum atomic E-state index is 15.4. The number of hydrogen-bond donors (Lipinski definition) is 5. The molecule has 8 aliphatic rings. The Morgan fingerprint density at radius 1 is 0.808 bits per heavy atom. The summed E-state index contributed by atoms with van der Waals surface area (Å²) in [5, 5.41) is 60.5. The molecule has 73 heavy (non-hydrogen) atoms. The van der Waals surface area contributed by atoms with Crippen molar-refractivity contribution in [1.82, 2.24) is 5.32 Å². The van der Waals surface area contributed by atoms with Crippen LogP contribution in [-0.4, -0.2) is 141 Å². The second-order valence-electron chi connectivity index (χ2n) is 23.1. The van der Waals surface area contributed by atoms with Gasteiger partial charge in [0.05, 0.1) is 56.3 Å². The zero-order valence-electron chi connectivity index (χ0n) is 44.2. The molecule has 2 bridgehead atoms. The maximum Gasteiger partial charge on any atom is 0.407 e. The molecular weight excluding hydrogens is 949 g/mol. The van der Waals surface area contributed by atoms with E-state index >= 15 is 4.79 Å². The lowest BCUT2D eigenvalue weighted by molar-refractivity contribution is -0.584. The van der Waals surface area contributed by atoms with E-state index in [4.69, 9.17) is 37.9 Å². The molecule has 4 aliphatic heterocycles. The van der Waals surface area contributed by atoms with E-state index in [0.29, 0.717) is 12.0 Å². The van der Waals surface area contributed by atoms with E-state index in [1.54, 1.807) is 20.8 Å². The zero-order valence-corrected chi connectivity index (χ0v) is 44.2. The lowest BCUT2D eigenvalue weighted by Crippen LogP contribution is -2.65. The number of nitrogens with zero attached hydrogens (tertiary/aromatic N) is 1. The van der Waals surface area contributed by atoms with Gasteiger partial charge in [0.15, 0.2) is 24.5 Å². The highest BCUT2D eigenvalue weighted by molar-refractivity contribution is 6.26. The number of aliphatic hydroxyl groups excluding tert-OH is 4. The number of allylic oxidation sites excluding steroid dienone is 4. The molecule has 23 atom stereocenters. The molecule has 5 fully saturated rings. The zero-order chi connectivity index (χ0) is 53.4. The highest BCUT2D eigenvalue weighted by atomic mass is 16.7. The molecule has 1 amide bonds.